The van der Waals surface area contributed by atoms with Crippen LogP contribution in [0.25, 0.3) is 0 Å². The second kappa shape index (κ2) is 6.51. The van der Waals surface area contributed by atoms with Crippen LogP contribution in [0.2, 0.25) is 0 Å². The molecule has 21 heavy (non-hydrogen) atoms. The van der Waals surface area contributed by atoms with Crippen molar-refractivity contribution < 1.29 is 4.79 Å². The summed E-state index contributed by atoms with van der Waals surface area (Å²) in [6, 6.07) is 1.99. The third-order valence-electron chi connectivity index (χ3n) is 3.16. The fourth-order valence-corrected chi connectivity index (χ4v) is 2.04. The second-order valence-electron chi connectivity index (χ2n) is 5.31. The third-order valence-corrected chi connectivity index (χ3v) is 3.16. The monoisotopic (exact) mass is 290 g/mol. The van der Waals surface area contributed by atoms with Crippen molar-refractivity contribution in [2.24, 2.45) is 0 Å². The zero-order chi connectivity index (χ0) is 15.4. The number of hydrogen-bond donors (Lipinski definition) is 1. The number of nitrogens with zero attached hydrogens (tertiary/aromatic N) is 5. The van der Waals surface area contributed by atoms with Crippen molar-refractivity contribution in [2.75, 3.05) is 6.54 Å². The molecule has 0 saturated heterocycles. The van der Waals surface area contributed by atoms with Crippen molar-refractivity contribution in [1.29, 1.82) is 0 Å². The molecule has 0 aliphatic rings. The van der Waals surface area contributed by atoms with Gasteiger partial charge in [0.05, 0.1) is 0 Å². The number of hydrogen-bond acceptors (Lipinski definition) is 4. The second-order valence-corrected chi connectivity index (χ2v) is 5.31. The lowest BCUT2D eigenvalue weighted by atomic mass is 10.3. The molecule has 0 bridgehead atoms. The summed E-state index contributed by atoms with van der Waals surface area (Å²) in [6.07, 6.45) is 2.63. The van der Waals surface area contributed by atoms with Gasteiger partial charge in [-0.15, -0.1) is 0 Å². The fourth-order valence-electron chi connectivity index (χ4n) is 2.04. The first-order valence-electron chi connectivity index (χ1n) is 7.19. The van der Waals surface area contributed by atoms with Gasteiger partial charge in [0.1, 0.15) is 17.3 Å². The van der Waals surface area contributed by atoms with Crippen LogP contribution in [0.1, 0.15) is 48.4 Å². The fraction of sp³-hybridized carbons (Fsp3) is 0.571. The van der Waals surface area contributed by atoms with Gasteiger partial charge in [-0.1, -0.05) is 0 Å². The predicted molar refractivity (Wildman–Crippen MR) is 79.1 cm³/mol. The lowest BCUT2D eigenvalue weighted by Gasteiger charge is -2.05. The highest BCUT2D eigenvalue weighted by Gasteiger charge is 2.10. The van der Waals surface area contributed by atoms with Gasteiger partial charge < -0.3 is 5.32 Å². The lowest BCUT2D eigenvalue weighted by Crippen LogP contribution is -2.26. The van der Waals surface area contributed by atoms with E-state index in [1.165, 1.54) is 0 Å². The Kier molecular flexibility index (Phi) is 4.72. The molecule has 2 aromatic rings. The zero-order valence-electron chi connectivity index (χ0n) is 13.0. The van der Waals surface area contributed by atoms with Crippen LogP contribution >= 0.6 is 0 Å². The molecular formula is C14H22N6O. The Morgan fingerprint density at radius 1 is 1.33 bits per heavy atom. The van der Waals surface area contributed by atoms with E-state index in [1.54, 1.807) is 10.7 Å². The van der Waals surface area contributed by atoms with E-state index in [-0.39, 0.29) is 11.9 Å². The summed E-state index contributed by atoms with van der Waals surface area (Å²) >= 11 is 0. The Morgan fingerprint density at radius 2 is 2.10 bits per heavy atom. The molecule has 0 aliphatic carbocycles. The molecule has 0 saturated carbocycles. The van der Waals surface area contributed by atoms with Gasteiger partial charge in [-0.3, -0.25) is 14.2 Å². The van der Waals surface area contributed by atoms with Crippen LogP contribution in [0, 0.1) is 13.8 Å². The molecule has 0 spiro atoms. The van der Waals surface area contributed by atoms with Gasteiger partial charge in [0, 0.05) is 25.3 Å². The quantitative estimate of drug-likeness (QED) is 0.818. The number of amides is 1. The molecule has 0 atom stereocenters. The molecule has 7 heteroatoms. The number of aryl methyl sites for hydroxylation is 3. The predicted octanol–water partition coefficient (Wildman–Crippen LogP) is 1.49. The topological polar surface area (TPSA) is 77.6 Å². The Balaban J connectivity index is 1.77. The average Bonchev–Trinajstić information content (AvgIpc) is 3.02. The van der Waals surface area contributed by atoms with Crippen molar-refractivity contribution in [2.45, 2.75) is 46.7 Å². The first-order chi connectivity index (χ1) is 9.97. The minimum absolute atomic E-state index is 0.138. The van der Waals surface area contributed by atoms with Gasteiger partial charge in [-0.05, 0) is 40.2 Å². The maximum absolute atomic E-state index is 11.9. The van der Waals surface area contributed by atoms with Crippen molar-refractivity contribution in [1.82, 2.24) is 29.9 Å². The molecule has 2 aromatic heterocycles. The first-order valence-corrected chi connectivity index (χ1v) is 7.19. The highest BCUT2D eigenvalue weighted by atomic mass is 16.1. The Labute approximate surface area is 124 Å². The van der Waals surface area contributed by atoms with Gasteiger partial charge in [0.15, 0.2) is 0 Å². The lowest BCUT2D eigenvalue weighted by molar-refractivity contribution is 0.0946. The molecule has 0 unspecified atom stereocenters. The van der Waals surface area contributed by atoms with E-state index in [0.717, 1.165) is 24.6 Å². The number of carbonyl (C=O) groups is 1. The van der Waals surface area contributed by atoms with Crippen molar-refractivity contribution in [3.05, 3.63) is 29.6 Å². The van der Waals surface area contributed by atoms with E-state index in [9.17, 15) is 4.79 Å². The molecule has 1 N–H and O–H groups in total. The number of rotatable bonds is 6. The smallest absolute Gasteiger partial charge is 0.271 e. The van der Waals surface area contributed by atoms with E-state index < -0.39 is 0 Å². The van der Waals surface area contributed by atoms with Gasteiger partial charge in [-0.25, -0.2) is 4.98 Å². The van der Waals surface area contributed by atoms with Crippen LogP contribution < -0.4 is 5.32 Å². The zero-order valence-corrected chi connectivity index (χ0v) is 13.0. The SMILES string of the molecule is Cc1nc(C)n(CCCNC(=O)c2ccn(C(C)C)n2)n1. The minimum atomic E-state index is -0.138. The maximum Gasteiger partial charge on any atom is 0.271 e. The van der Waals surface area contributed by atoms with Crippen LogP contribution in [0.4, 0.5) is 0 Å². The van der Waals surface area contributed by atoms with E-state index in [2.05, 4.69) is 20.5 Å². The van der Waals surface area contributed by atoms with Gasteiger partial charge in [0.2, 0.25) is 0 Å². The van der Waals surface area contributed by atoms with Crippen LogP contribution in [-0.4, -0.2) is 37.0 Å². The van der Waals surface area contributed by atoms with E-state index in [1.807, 2.05) is 38.6 Å². The summed E-state index contributed by atoms with van der Waals surface area (Å²) in [6.45, 7) is 9.18. The van der Waals surface area contributed by atoms with Gasteiger partial charge in [-0.2, -0.15) is 10.2 Å². The molecule has 0 fully saturated rings. The molecule has 0 aromatic carbocycles. The van der Waals surface area contributed by atoms with Gasteiger partial charge >= 0.3 is 0 Å². The molecule has 1 amide bonds. The molecule has 2 heterocycles. The third kappa shape index (κ3) is 3.90. The normalized spacial score (nSPS) is 11.1. The molecule has 7 nitrogen and oxygen atoms in total. The number of carbonyl (C=O) groups excluding carboxylic acids is 1. The summed E-state index contributed by atoms with van der Waals surface area (Å²) in [4.78, 5) is 16.2. The molecule has 0 aliphatic heterocycles. The van der Waals surface area contributed by atoms with Gasteiger partial charge in [0.25, 0.3) is 5.91 Å². The summed E-state index contributed by atoms with van der Waals surface area (Å²) < 4.78 is 3.63. The minimum Gasteiger partial charge on any atom is -0.351 e. The highest BCUT2D eigenvalue weighted by molar-refractivity contribution is 5.92. The Hall–Kier alpha value is -2.18. The van der Waals surface area contributed by atoms with E-state index in [4.69, 9.17) is 0 Å². The van der Waals surface area contributed by atoms with Crippen molar-refractivity contribution in [3.63, 3.8) is 0 Å². The maximum atomic E-state index is 11.9. The highest BCUT2D eigenvalue weighted by Crippen LogP contribution is 2.04. The average molecular weight is 290 g/mol. The molecule has 0 radical (unpaired) electrons. The molecular weight excluding hydrogens is 268 g/mol. The van der Waals surface area contributed by atoms with Crippen LogP contribution in [0.15, 0.2) is 12.3 Å². The standard InChI is InChI=1S/C14H22N6O/c1-10(2)19-9-6-13(18-19)14(21)15-7-5-8-20-12(4)16-11(3)17-20/h6,9-10H,5,7-8H2,1-4H3,(H,15,21). The van der Waals surface area contributed by atoms with Crippen molar-refractivity contribution in [3.8, 4) is 0 Å². The van der Waals surface area contributed by atoms with Crippen LogP contribution in [0.3, 0.4) is 0 Å². The summed E-state index contributed by atoms with van der Waals surface area (Å²) in [7, 11) is 0. The van der Waals surface area contributed by atoms with Crippen LogP contribution in [0.5, 0.6) is 0 Å². The molecule has 114 valence electrons. The van der Waals surface area contributed by atoms with Crippen LogP contribution in [-0.2, 0) is 6.54 Å². The van der Waals surface area contributed by atoms with Crippen molar-refractivity contribution >= 4 is 5.91 Å². The largest absolute Gasteiger partial charge is 0.351 e. The number of aromatic nitrogens is 5. The Morgan fingerprint density at radius 3 is 2.67 bits per heavy atom. The first kappa shape index (κ1) is 15.2. The summed E-state index contributed by atoms with van der Waals surface area (Å²) in [5, 5.41) is 11.4. The van der Waals surface area contributed by atoms with E-state index in [0.29, 0.717) is 12.2 Å². The van der Waals surface area contributed by atoms with E-state index >= 15 is 0 Å². The summed E-state index contributed by atoms with van der Waals surface area (Å²) in [5.41, 5.74) is 0.455. The number of nitrogens with one attached hydrogen (secondary N) is 1. The summed E-state index contributed by atoms with van der Waals surface area (Å²) in [5.74, 6) is 1.53. The molecule has 2 rings (SSSR count). The Bertz CT molecular complexity index is 613.